The molecule has 256 valence electrons. The summed E-state index contributed by atoms with van der Waals surface area (Å²) >= 11 is 1.41. The second-order valence-electron chi connectivity index (χ2n) is 12.6. The molecule has 0 fully saturated rings. The lowest BCUT2D eigenvalue weighted by molar-refractivity contribution is -0.263. The van der Waals surface area contributed by atoms with Crippen LogP contribution in [0.15, 0.2) is 104 Å². The number of halogens is 6. The van der Waals surface area contributed by atoms with Crippen LogP contribution in [-0.4, -0.2) is 34.6 Å². The number of allylic oxidation sites excluding steroid dienone is 6. The molecule has 3 aliphatic rings. The Hall–Kier alpha value is -3.46. The van der Waals surface area contributed by atoms with Crippen LogP contribution in [0.3, 0.4) is 0 Å². The third-order valence-electron chi connectivity index (χ3n) is 8.83. The summed E-state index contributed by atoms with van der Waals surface area (Å²) in [5.74, 6) is -19.5. The summed E-state index contributed by atoms with van der Waals surface area (Å²) in [6.07, 6.45) is 0. The Morgan fingerprint density at radius 3 is 1.18 bits per heavy atom. The van der Waals surface area contributed by atoms with Crippen molar-refractivity contribution in [2.45, 2.75) is 55.3 Å². The van der Waals surface area contributed by atoms with E-state index in [0.29, 0.717) is 33.8 Å². The summed E-state index contributed by atoms with van der Waals surface area (Å²) in [4.78, 5) is -2.53. The van der Waals surface area contributed by atoms with Gasteiger partial charge in [-0.25, -0.2) is 16.8 Å². The van der Waals surface area contributed by atoms with Gasteiger partial charge in [-0.15, -0.1) is 22.7 Å². The standard InChI is InChI=1S/C35H26F6O4S4/c1-17(2)31-25(29-23(48(31,42)43)15-21(46-29)19-11-7-5-8-12-19)27-28(34(38,39)35(40,41)33(27,36)37)26-30-24(49(44,45)32(26)18(3)4)16-22(47-30)20-13-9-6-10-14-20/h5-18H,1-4H3. The highest BCUT2D eigenvalue weighted by Crippen LogP contribution is 2.69. The molecule has 4 aromatic rings. The van der Waals surface area contributed by atoms with E-state index in [1.807, 2.05) is 0 Å². The molecule has 4 heterocycles. The van der Waals surface area contributed by atoms with Crippen LogP contribution in [-0.2, 0) is 19.7 Å². The number of rotatable bonds is 6. The van der Waals surface area contributed by atoms with Crippen LogP contribution in [0.1, 0.15) is 37.4 Å². The molecule has 1 aliphatic carbocycles. The fourth-order valence-electron chi connectivity index (χ4n) is 6.78. The molecule has 0 radical (unpaired) electrons. The molecule has 0 spiro atoms. The van der Waals surface area contributed by atoms with Crippen molar-refractivity contribution >= 4 is 53.5 Å². The van der Waals surface area contributed by atoms with E-state index in [-0.39, 0.29) is 19.5 Å². The van der Waals surface area contributed by atoms with Crippen molar-refractivity contribution in [2.75, 3.05) is 0 Å². The van der Waals surface area contributed by atoms with Gasteiger partial charge in [-0.2, -0.15) is 26.3 Å². The van der Waals surface area contributed by atoms with Crippen LogP contribution in [0.5, 0.6) is 0 Å². The molecular formula is C35H26F6O4S4. The highest BCUT2D eigenvalue weighted by Gasteiger charge is 2.81. The summed E-state index contributed by atoms with van der Waals surface area (Å²) in [5, 5.41) is 0. The van der Waals surface area contributed by atoms with Crippen molar-refractivity contribution in [2.24, 2.45) is 11.8 Å². The first-order valence-electron chi connectivity index (χ1n) is 15.0. The monoisotopic (exact) mass is 752 g/mol. The largest absolute Gasteiger partial charge is 0.380 e. The van der Waals surface area contributed by atoms with E-state index in [9.17, 15) is 16.8 Å². The highest BCUT2D eigenvalue weighted by atomic mass is 32.2. The SMILES string of the molecule is CC(C)C1=C(C2=C(C3=C(C(C)C)S(=O)(=O)c4cc(-c5ccccc5)sc43)C(F)(F)C(F)(F)C2(F)F)c2sc(-c3ccccc3)cc2S1(=O)=O. The zero-order chi connectivity index (χ0) is 35.6. The summed E-state index contributed by atoms with van der Waals surface area (Å²) in [6.45, 7) is 5.36. The summed E-state index contributed by atoms with van der Waals surface area (Å²) < 4.78 is 153. The van der Waals surface area contributed by atoms with Crippen molar-refractivity contribution in [3.05, 3.63) is 104 Å². The van der Waals surface area contributed by atoms with Gasteiger partial charge in [0.1, 0.15) is 0 Å². The lowest BCUT2D eigenvalue weighted by atomic mass is 9.89. The predicted molar refractivity (Wildman–Crippen MR) is 179 cm³/mol. The van der Waals surface area contributed by atoms with E-state index >= 15 is 26.3 Å². The number of hydrogen-bond acceptors (Lipinski definition) is 6. The Balaban J connectivity index is 1.64. The van der Waals surface area contributed by atoms with Gasteiger partial charge in [-0.1, -0.05) is 88.4 Å². The maximum Gasteiger partial charge on any atom is 0.380 e. The Labute approximate surface area is 287 Å². The van der Waals surface area contributed by atoms with Crippen LogP contribution < -0.4 is 0 Å². The van der Waals surface area contributed by atoms with Gasteiger partial charge in [0.05, 0.1) is 29.4 Å². The zero-order valence-electron chi connectivity index (χ0n) is 26.1. The second-order valence-corrected chi connectivity index (χ2v) is 18.5. The average Bonchev–Trinajstić information content (AvgIpc) is 3.77. The van der Waals surface area contributed by atoms with E-state index in [2.05, 4.69) is 0 Å². The van der Waals surface area contributed by atoms with Crippen LogP contribution in [0.4, 0.5) is 26.3 Å². The van der Waals surface area contributed by atoms with Gasteiger partial charge >= 0.3 is 17.8 Å². The fraction of sp³-hybridized carbons (Fsp3) is 0.257. The van der Waals surface area contributed by atoms with Crippen molar-refractivity contribution in [3.8, 4) is 20.9 Å². The van der Waals surface area contributed by atoms with E-state index in [1.54, 1.807) is 60.7 Å². The molecule has 49 heavy (non-hydrogen) atoms. The molecule has 2 aliphatic heterocycles. The van der Waals surface area contributed by atoms with Gasteiger partial charge in [-0.05, 0) is 35.1 Å². The minimum absolute atomic E-state index is 0.287. The van der Waals surface area contributed by atoms with Crippen LogP contribution >= 0.6 is 22.7 Å². The maximum atomic E-state index is 16.4. The van der Waals surface area contributed by atoms with E-state index in [4.69, 9.17) is 0 Å². The first-order valence-corrected chi connectivity index (χ1v) is 19.6. The minimum atomic E-state index is -6.05. The molecule has 0 unspecified atom stereocenters. The van der Waals surface area contributed by atoms with Gasteiger partial charge < -0.3 is 0 Å². The van der Waals surface area contributed by atoms with E-state index in [1.165, 1.54) is 39.8 Å². The number of hydrogen-bond donors (Lipinski definition) is 0. The number of thiophene rings is 2. The predicted octanol–water partition coefficient (Wildman–Crippen LogP) is 10.4. The number of sulfone groups is 2. The normalized spacial score (nSPS) is 21.3. The van der Waals surface area contributed by atoms with Crippen LogP contribution in [0.2, 0.25) is 0 Å². The van der Waals surface area contributed by atoms with Crippen molar-refractivity contribution in [1.82, 2.24) is 0 Å². The van der Waals surface area contributed by atoms with E-state index < -0.39 is 91.2 Å². The maximum absolute atomic E-state index is 16.4. The minimum Gasteiger partial charge on any atom is -0.219 e. The van der Waals surface area contributed by atoms with Gasteiger partial charge in [0.2, 0.25) is 19.7 Å². The van der Waals surface area contributed by atoms with Crippen molar-refractivity contribution < 1.29 is 43.2 Å². The summed E-state index contributed by atoms with van der Waals surface area (Å²) in [7, 11) is -9.27. The highest BCUT2D eigenvalue weighted by molar-refractivity contribution is 7.96. The third kappa shape index (κ3) is 4.45. The number of fused-ring (bicyclic) bond motifs is 2. The molecule has 0 amide bonds. The molecule has 0 saturated carbocycles. The first-order chi connectivity index (χ1) is 22.8. The van der Waals surface area contributed by atoms with Crippen molar-refractivity contribution in [3.63, 3.8) is 0 Å². The lowest BCUT2D eigenvalue weighted by Crippen LogP contribution is -2.49. The Morgan fingerprint density at radius 2 is 0.878 bits per heavy atom. The molecule has 4 nitrogen and oxygen atoms in total. The van der Waals surface area contributed by atoms with Crippen LogP contribution in [0, 0.1) is 11.8 Å². The fourth-order valence-corrected chi connectivity index (χ4v) is 14.1. The molecule has 2 aromatic carbocycles. The zero-order valence-corrected chi connectivity index (χ0v) is 29.4. The van der Waals surface area contributed by atoms with Gasteiger partial charge in [0, 0.05) is 32.0 Å². The van der Waals surface area contributed by atoms with Gasteiger partial charge in [0.25, 0.3) is 0 Å². The topological polar surface area (TPSA) is 68.3 Å². The Bertz CT molecular complexity index is 2210. The third-order valence-corrected chi connectivity index (χ3v) is 15.8. The first kappa shape index (κ1) is 34.0. The molecule has 14 heteroatoms. The van der Waals surface area contributed by atoms with Crippen LogP contribution in [0.25, 0.3) is 32.0 Å². The second kappa shape index (κ2) is 10.8. The van der Waals surface area contributed by atoms with Gasteiger partial charge in [0.15, 0.2) is 0 Å². The van der Waals surface area contributed by atoms with Crippen molar-refractivity contribution in [1.29, 1.82) is 0 Å². The summed E-state index contributed by atoms with van der Waals surface area (Å²) in [6, 6.07) is 19.0. The Morgan fingerprint density at radius 1 is 0.551 bits per heavy atom. The molecule has 0 atom stereocenters. The molecule has 0 N–H and O–H groups in total. The molecule has 0 bridgehead atoms. The molecule has 0 saturated heterocycles. The van der Waals surface area contributed by atoms with Gasteiger partial charge in [-0.3, -0.25) is 0 Å². The molecular weight excluding hydrogens is 727 g/mol. The smallest absolute Gasteiger partial charge is 0.219 e. The number of alkyl halides is 6. The quantitative estimate of drug-likeness (QED) is 0.184. The Kier molecular flexibility index (Phi) is 7.48. The molecule has 2 aromatic heterocycles. The lowest BCUT2D eigenvalue weighted by Gasteiger charge is -2.26. The number of benzene rings is 2. The summed E-state index contributed by atoms with van der Waals surface area (Å²) in [5.41, 5.74) is -4.63. The average molecular weight is 753 g/mol. The molecule has 7 rings (SSSR count). The van der Waals surface area contributed by atoms with E-state index in [0.717, 1.165) is 0 Å².